The summed E-state index contributed by atoms with van der Waals surface area (Å²) in [4.78, 5) is 27.9. The lowest BCUT2D eigenvalue weighted by Gasteiger charge is -2.05. The van der Waals surface area contributed by atoms with Crippen molar-refractivity contribution in [3.63, 3.8) is 0 Å². The maximum atomic E-state index is 10.9. The maximum Gasteiger partial charge on any atom is 0.318 e. The second-order valence-corrected chi connectivity index (χ2v) is 3.86. The number of aromatic nitrogens is 2. The Morgan fingerprint density at radius 1 is 1.20 bits per heavy atom. The SMILES string of the molecule is Cc1cccc(Nc2ncc([N+](=O)[O-])cc2[N+](=O)[O-])n1. The van der Waals surface area contributed by atoms with Gasteiger partial charge in [0.25, 0.3) is 5.69 Å². The molecule has 0 fully saturated rings. The molecule has 0 aliphatic carbocycles. The predicted molar refractivity (Wildman–Crippen MR) is 69.8 cm³/mol. The first-order chi connectivity index (χ1) is 9.47. The van der Waals surface area contributed by atoms with Crippen LogP contribution in [0.4, 0.5) is 23.0 Å². The van der Waals surface area contributed by atoms with E-state index in [9.17, 15) is 20.2 Å². The molecule has 0 bridgehead atoms. The molecule has 9 nitrogen and oxygen atoms in total. The maximum absolute atomic E-state index is 10.9. The van der Waals surface area contributed by atoms with Gasteiger partial charge < -0.3 is 5.32 Å². The monoisotopic (exact) mass is 275 g/mol. The molecule has 0 unspecified atom stereocenters. The molecule has 0 saturated carbocycles. The Hall–Kier alpha value is -3.10. The molecular weight excluding hydrogens is 266 g/mol. The van der Waals surface area contributed by atoms with Gasteiger partial charge in [0.05, 0.1) is 15.9 Å². The van der Waals surface area contributed by atoms with Crippen molar-refractivity contribution in [3.8, 4) is 0 Å². The summed E-state index contributed by atoms with van der Waals surface area (Å²) >= 11 is 0. The van der Waals surface area contributed by atoms with E-state index in [2.05, 4.69) is 15.3 Å². The molecule has 2 rings (SSSR count). The second kappa shape index (κ2) is 5.26. The van der Waals surface area contributed by atoms with E-state index >= 15 is 0 Å². The molecule has 102 valence electrons. The lowest BCUT2D eigenvalue weighted by Crippen LogP contribution is -2.02. The van der Waals surface area contributed by atoms with Gasteiger partial charge in [0, 0.05) is 5.69 Å². The van der Waals surface area contributed by atoms with E-state index < -0.39 is 21.2 Å². The van der Waals surface area contributed by atoms with Crippen LogP contribution in [0.3, 0.4) is 0 Å². The molecule has 9 heteroatoms. The third kappa shape index (κ3) is 2.83. The van der Waals surface area contributed by atoms with E-state index in [1.807, 2.05) is 0 Å². The number of pyridine rings is 2. The van der Waals surface area contributed by atoms with Gasteiger partial charge in [-0.2, -0.15) is 0 Å². The van der Waals surface area contributed by atoms with Crippen molar-refractivity contribution >= 4 is 23.0 Å². The number of anilines is 2. The molecule has 1 N–H and O–H groups in total. The van der Waals surface area contributed by atoms with Gasteiger partial charge in [0.1, 0.15) is 12.0 Å². The lowest BCUT2D eigenvalue weighted by molar-refractivity contribution is -0.394. The zero-order chi connectivity index (χ0) is 14.7. The molecule has 0 spiro atoms. The summed E-state index contributed by atoms with van der Waals surface area (Å²) in [7, 11) is 0. The van der Waals surface area contributed by atoms with Crippen molar-refractivity contribution in [3.05, 3.63) is 56.4 Å². The van der Waals surface area contributed by atoms with E-state index in [0.717, 1.165) is 18.0 Å². The van der Waals surface area contributed by atoms with E-state index in [4.69, 9.17) is 0 Å². The Kier molecular flexibility index (Phi) is 3.51. The zero-order valence-corrected chi connectivity index (χ0v) is 10.3. The Morgan fingerprint density at radius 2 is 1.95 bits per heavy atom. The molecule has 0 aromatic carbocycles. The zero-order valence-electron chi connectivity index (χ0n) is 10.3. The van der Waals surface area contributed by atoms with Gasteiger partial charge in [0.2, 0.25) is 5.82 Å². The summed E-state index contributed by atoms with van der Waals surface area (Å²) in [5, 5.41) is 24.2. The van der Waals surface area contributed by atoms with Crippen molar-refractivity contribution in [1.29, 1.82) is 0 Å². The van der Waals surface area contributed by atoms with Crippen LogP contribution in [0.15, 0.2) is 30.5 Å². The molecule has 0 amide bonds. The Morgan fingerprint density at radius 3 is 2.55 bits per heavy atom. The van der Waals surface area contributed by atoms with Gasteiger partial charge in [-0.15, -0.1) is 0 Å². The standard InChI is InChI=1S/C11H9N5O4/c1-7-3-2-4-10(13-7)14-11-9(16(19)20)5-8(6-12-11)15(17)18/h2-6H,1H3,(H,12,13,14). The molecule has 0 radical (unpaired) electrons. The van der Waals surface area contributed by atoms with Crippen molar-refractivity contribution in [2.45, 2.75) is 6.92 Å². The molecule has 2 aromatic heterocycles. The minimum Gasteiger partial charge on any atom is -0.319 e. The summed E-state index contributed by atoms with van der Waals surface area (Å²) in [6.07, 6.45) is 0.950. The van der Waals surface area contributed by atoms with E-state index in [-0.39, 0.29) is 5.82 Å². The van der Waals surface area contributed by atoms with Crippen LogP contribution in [0.25, 0.3) is 0 Å². The number of rotatable bonds is 4. The second-order valence-electron chi connectivity index (χ2n) is 3.86. The van der Waals surface area contributed by atoms with Crippen LogP contribution in [0, 0.1) is 27.2 Å². The minimum atomic E-state index is -0.741. The van der Waals surface area contributed by atoms with Crippen LogP contribution in [0.2, 0.25) is 0 Å². The quantitative estimate of drug-likeness (QED) is 0.670. The average molecular weight is 275 g/mol. The normalized spacial score (nSPS) is 10.1. The molecule has 2 heterocycles. The highest BCUT2D eigenvalue weighted by Crippen LogP contribution is 2.28. The number of nitro groups is 2. The fourth-order valence-electron chi connectivity index (χ4n) is 1.51. The van der Waals surface area contributed by atoms with Gasteiger partial charge in [-0.1, -0.05) is 6.07 Å². The Balaban J connectivity index is 2.41. The van der Waals surface area contributed by atoms with E-state index in [1.165, 1.54) is 0 Å². The van der Waals surface area contributed by atoms with Gasteiger partial charge >= 0.3 is 5.69 Å². The summed E-state index contributed by atoms with van der Waals surface area (Å²) in [5.41, 5.74) is -0.207. The Labute approximate surface area is 112 Å². The molecule has 2 aromatic rings. The van der Waals surface area contributed by atoms with Crippen molar-refractivity contribution < 1.29 is 9.85 Å². The topological polar surface area (TPSA) is 124 Å². The first-order valence-corrected chi connectivity index (χ1v) is 5.47. The van der Waals surface area contributed by atoms with Crippen molar-refractivity contribution in [2.24, 2.45) is 0 Å². The van der Waals surface area contributed by atoms with Gasteiger partial charge in [-0.3, -0.25) is 20.2 Å². The van der Waals surface area contributed by atoms with Crippen LogP contribution in [-0.4, -0.2) is 19.8 Å². The van der Waals surface area contributed by atoms with Crippen molar-refractivity contribution in [2.75, 3.05) is 5.32 Å². The largest absolute Gasteiger partial charge is 0.319 e. The smallest absolute Gasteiger partial charge is 0.318 e. The van der Waals surface area contributed by atoms with Crippen molar-refractivity contribution in [1.82, 2.24) is 9.97 Å². The number of aryl methyl sites for hydroxylation is 1. The lowest BCUT2D eigenvalue weighted by atomic mass is 10.3. The molecule has 0 aliphatic heterocycles. The first kappa shape index (κ1) is 13.3. The summed E-state index contributed by atoms with van der Waals surface area (Å²) < 4.78 is 0. The number of hydrogen-bond acceptors (Lipinski definition) is 7. The predicted octanol–water partition coefficient (Wildman–Crippen LogP) is 2.35. The van der Waals surface area contributed by atoms with Crippen LogP contribution in [0.1, 0.15) is 5.69 Å². The third-order valence-corrected chi connectivity index (χ3v) is 2.40. The summed E-state index contributed by atoms with van der Waals surface area (Å²) in [5.74, 6) is 0.271. The highest BCUT2D eigenvalue weighted by atomic mass is 16.6. The van der Waals surface area contributed by atoms with E-state index in [1.54, 1.807) is 25.1 Å². The highest BCUT2D eigenvalue weighted by Gasteiger charge is 2.21. The van der Waals surface area contributed by atoms with Gasteiger partial charge in [-0.25, -0.2) is 9.97 Å². The number of nitrogens with one attached hydrogen (secondary N) is 1. The van der Waals surface area contributed by atoms with E-state index in [0.29, 0.717) is 5.82 Å². The fourth-order valence-corrected chi connectivity index (χ4v) is 1.51. The van der Waals surface area contributed by atoms with Crippen LogP contribution >= 0.6 is 0 Å². The summed E-state index contributed by atoms with van der Waals surface area (Å²) in [6.45, 7) is 1.77. The number of nitrogens with zero attached hydrogens (tertiary/aromatic N) is 4. The molecule has 0 saturated heterocycles. The van der Waals surface area contributed by atoms with Crippen LogP contribution in [0.5, 0.6) is 0 Å². The first-order valence-electron chi connectivity index (χ1n) is 5.47. The third-order valence-electron chi connectivity index (χ3n) is 2.40. The van der Waals surface area contributed by atoms with Crippen LogP contribution in [-0.2, 0) is 0 Å². The average Bonchev–Trinajstić information content (AvgIpc) is 2.38. The fraction of sp³-hybridized carbons (Fsp3) is 0.0909. The summed E-state index contributed by atoms with van der Waals surface area (Å²) in [6, 6.07) is 5.95. The molecule has 0 aliphatic rings. The Bertz CT molecular complexity index is 688. The van der Waals surface area contributed by atoms with Gasteiger partial charge in [-0.05, 0) is 19.1 Å². The highest BCUT2D eigenvalue weighted by molar-refractivity contribution is 5.65. The van der Waals surface area contributed by atoms with Crippen LogP contribution < -0.4 is 5.32 Å². The molecule has 20 heavy (non-hydrogen) atoms. The number of hydrogen-bond donors (Lipinski definition) is 1. The minimum absolute atomic E-state index is 0.0984. The molecular formula is C11H9N5O4. The van der Waals surface area contributed by atoms with Gasteiger partial charge in [0.15, 0.2) is 0 Å². The molecule has 0 atom stereocenters.